The number of benzene rings is 1. The monoisotopic (exact) mass is 333 g/mol. The fourth-order valence-corrected chi connectivity index (χ4v) is 2.51. The lowest BCUT2D eigenvalue weighted by Gasteiger charge is -2.30. The predicted molar refractivity (Wildman–Crippen MR) is 74.6 cm³/mol. The number of nitrogens with one attached hydrogen (secondary N) is 1. The molecule has 5 nitrogen and oxygen atoms in total. The molecule has 0 bridgehead atoms. The first kappa shape index (κ1) is 17.7. The van der Waals surface area contributed by atoms with Crippen molar-refractivity contribution in [3.8, 4) is 0 Å². The minimum absolute atomic E-state index is 0.0712. The summed E-state index contributed by atoms with van der Waals surface area (Å²) in [7, 11) is 1.16. The number of carbonyl (C=O) groups is 1. The van der Waals surface area contributed by atoms with Gasteiger partial charge in [0.2, 0.25) is 0 Å². The van der Waals surface area contributed by atoms with Crippen LogP contribution in [-0.2, 0) is 20.4 Å². The van der Waals surface area contributed by atoms with Gasteiger partial charge < -0.3 is 19.9 Å². The minimum Gasteiger partial charge on any atom is -0.389 e. The Bertz CT molecular complexity index is 550. The van der Waals surface area contributed by atoms with Crippen LogP contribution >= 0.6 is 0 Å². The summed E-state index contributed by atoms with van der Waals surface area (Å²) in [5.74, 6) is -0.727. The molecule has 1 saturated heterocycles. The molecule has 128 valence electrons. The van der Waals surface area contributed by atoms with Crippen molar-refractivity contribution >= 4 is 5.91 Å². The molecular weight excluding hydrogens is 315 g/mol. The van der Waals surface area contributed by atoms with E-state index in [0.29, 0.717) is 13.0 Å². The lowest BCUT2D eigenvalue weighted by atomic mass is 10.00. The second kappa shape index (κ2) is 7.29. The standard InChI is InChI=1S/C15H18F3NO4/c1-22-13(9-4-2-3-5-10(9)15(16,17)18)14(21)19-11-6-7-23-8-12(11)20/h2-5,11-13,20H,6-8H2,1H3,(H,19,21)/t11-,12-,13?/m1/s1. The second-order valence-corrected chi connectivity index (χ2v) is 5.25. The van der Waals surface area contributed by atoms with Gasteiger partial charge in [0.05, 0.1) is 24.3 Å². The fourth-order valence-electron chi connectivity index (χ4n) is 2.51. The van der Waals surface area contributed by atoms with E-state index in [9.17, 15) is 23.1 Å². The first-order valence-corrected chi connectivity index (χ1v) is 7.09. The van der Waals surface area contributed by atoms with Crippen molar-refractivity contribution in [3.63, 3.8) is 0 Å². The molecule has 1 amide bonds. The van der Waals surface area contributed by atoms with Gasteiger partial charge in [0.25, 0.3) is 5.91 Å². The zero-order chi connectivity index (χ0) is 17.0. The van der Waals surface area contributed by atoms with E-state index in [0.717, 1.165) is 13.2 Å². The third kappa shape index (κ3) is 4.21. The van der Waals surface area contributed by atoms with Crippen LogP contribution in [0.25, 0.3) is 0 Å². The molecule has 0 aromatic heterocycles. The van der Waals surface area contributed by atoms with Crippen molar-refractivity contribution in [2.45, 2.75) is 30.8 Å². The molecule has 1 aliphatic rings. The molecule has 1 unspecified atom stereocenters. The van der Waals surface area contributed by atoms with Gasteiger partial charge in [-0.15, -0.1) is 0 Å². The van der Waals surface area contributed by atoms with Crippen molar-refractivity contribution in [2.75, 3.05) is 20.3 Å². The summed E-state index contributed by atoms with van der Waals surface area (Å²) in [5, 5.41) is 12.3. The minimum atomic E-state index is -4.59. The first-order chi connectivity index (χ1) is 10.8. The normalized spacial score (nSPS) is 23.3. The molecule has 1 aliphatic heterocycles. The summed E-state index contributed by atoms with van der Waals surface area (Å²) < 4.78 is 49.3. The number of hydrogen-bond donors (Lipinski definition) is 2. The van der Waals surface area contributed by atoms with Crippen LogP contribution in [0.1, 0.15) is 23.7 Å². The smallest absolute Gasteiger partial charge is 0.389 e. The van der Waals surface area contributed by atoms with Gasteiger partial charge in [-0.3, -0.25) is 4.79 Å². The number of amides is 1. The maximum absolute atomic E-state index is 13.1. The number of alkyl halides is 3. The molecule has 2 rings (SSSR count). The Balaban J connectivity index is 2.21. The molecule has 0 saturated carbocycles. The predicted octanol–water partition coefficient (Wildman–Crippen LogP) is 1.66. The Morgan fingerprint density at radius 1 is 1.43 bits per heavy atom. The number of halogens is 3. The zero-order valence-electron chi connectivity index (χ0n) is 12.5. The third-order valence-electron chi connectivity index (χ3n) is 3.68. The average molecular weight is 333 g/mol. The molecule has 1 aromatic carbocycles. The Morgan fingerprint density at radius 3 is 2.74 bits per heavy atom. The molecule has 2 N–H and O–H groups in total. The summed E-state index contributed by atoms with van der Waals surface area (Å²) in [4.78, 5) is 12.3. The number of rotatable bonds is 4. The van der Waals surface area contributed by atoms with Crippen LogP contribution in [-0.4, -0.2) is 43.5 Å². The fraction of sp³-hybridized carbons (Fsp3) is 0.533. The highest BCUT2D eigenvalue weighted by atomic mass is 19.4. The molecule has 1 heterocycles. The molecule has 8 heteroatoms. The quantitative estimate of drug-likeness (QED) is 0.879. The van der Waals surface area contributed by atoms with E-state index >= 15 is 0 Å². The summed E-state index contributed by atoms with van der Waals surface area (Å²) >= 11 is 0. The van der Waals surface area contributed by atoms with Crippen LogP contribution in [0.4, 0.5) is 13.2 Å². The molecule has 23 heavy (non-hydrogen) atoms. The topological polar surface area (TPSA) is 67.8 Å². The lowest BCUT2D eigenvalue weighted by Crippen LogP contribution is -2.50. The van der Waals surface area contributed by atoms with Crippen molar-refractivity contribution in [1.82, 2.24) is 5.32 Å². The maximum Gasteiger partial charge on any atom is 0.416 e. The van der Waals surface area contributed by atoms with Gasteiger partial charge in [-0.05, 0) is 12.5 Å². The van der Waals surface area contributed by atoms with E-state index < -0.39 is 35.9 Å². The summed E-state index contributed by atoms with van der Waals surface area (Å²) in [5.41, 5.74) is -1.18. The van der Waals surface area contributed by atoms with Gasteiger partial charge in [0, 0.05) is 19.3 Å². The van der Waals surface area contributed by atoms with Gasteiger partial charge in [-0.1, -0.05) is 18.2 Å². The maximum atomic E-state index is 13.1. The van der Waals surface area contributed by atoms with Crippen LogP contribution in [0.2, 0.25) is 0 Å². The molecule has 0 aliphatic carbocycles. The van der Waals surface area contributed by atoms with Crippen LogP contribution in [0.5, 0.6) is 0 Å². The Labute approximate surface area is 131 Å². The average Bonchev–Trinajstić information content (AvgIpc) is 2.50. The molecule has 1 fully saturated rings. The molecule has 3 atom stereocenters. The number of aliphatic hydroxyl groups is 1. The van der Waals surface area contributed by atoms with Crippen LogP contribution in [0, 0.1) is 0 Å². The number of aliphatic hydroxyl groups excluding tert-OH is 1. The number of hydrogen-bond acceptors (Lipinski definition) is 4. The van der Waals surface area contributed by atoms with E-state index in [4.69, 9.17) is 9.47 Å². The summed E-state index contributed by atoms with van der Waals surface area (Å²) in [6, 6.07) is 4.19. The van der Waals surface area contributed by atoms with Gasteiger partial charge in [0.1, 0.15) is 0 Å². The Kier molecular flexibility index (Phi) is 5.61. The largest absolute Gasteiger partial charge is 0.416 e. The van der Waals surface area contributed by atoms with Crippen LogP contribution in [0.15, 0.2) is 24.3 Å². The first-order valence-electron chi connectivity index (χ1n) is 7.09. The van der Waals surface area contributed by atoms with E-state index in [1.54, 1.807) is 0 Å². The van der Waals surface area contributed by atoms with E-state index in [1.807, 2.05) is 0 Å². The molecule has 1 aromatic rings. The van der Waals surface area contributed by atoms with Gasteiger partial charge in [-0.2, -0.15) is 13.2 Å². The summed E-state index contributed by atoms with van der Waals surface area (Å²) in [6.07, 6.45) is -6.53. The SMILES string of the molecule is COC(C(=O)N[C@@H]1CCOC[C@H]1O)c1ccccc1C(F)(F)F. The van der Waals surface area contributed by atoms with E-state index in [1.165, 1.54) is 18.2 Å². The highest BCUT2D eigenvalue weighted by molar-refractivity contribution is 5.83. The van der Waals surface area contributed by atoms with E-state index in [-0.39, 0.29) is 12.2 Å². The number of ether oxygens (including phenoxy) is 2. The van der Waals surface area contributed by atoms with Crippen molar-refractivity contribution in [2.24, 2.45) is 0 Å². The lowest BCUT2D eigenvalue weighted by molar-refractivity contribution is -0.142. The van der Waals surface area contributed by atoms with Gasteiger partial charge in [0.15, 0.2) is 6.10 Å². The highest BCUT2D eigenvalue weighted by Crippen LogP contribution is 2.35. The molecule has 0 radical (unpaired) electrons. The Morgan fingerprint density at radius 2 is 2.13 bits per heavy atom. The van der Waals surface area contributed by atoms with Gasteiger partial charge >= 0.3 is 6.18 Å². The molecule has 0 spiro atoms. The number of carbonyl (C=O) groups excluding carboxylic acids is 1. The highest BCUT2D eigenvalue weighted by Gasteiger charge is 2.37. The second-order valence-electron chi connectivity index (χ2n) is 5.25. The zero-order valence-corrected chi connectivity index (χ0v) is 12.5. The summed E-state index contributed by atoms with van der Waals surface area (Å²) in [6.45, 7) is 0.431. The van der Waals surface area contributed by atoms with Crippen LogP contribution < -0.4 is 5.32 Å². The van der Waals surface area contributed by atoms with E-state index in [2.05, 4.69) is 5.32 Å². The molecular formula is C15H18F3NO4. The van der Waals surface area contributed by atoms with Crippen molar-refractivity contribution < 1.29 is 32.5 Å². The van der Waals surface area contributed by atoms with Crippen molar-refractivity contribution in [3.05, 3.63) is 35.4 Å². The number of methoxy groups -OCH3 is 1. The van der Waals surface area contributed by atoms with Crippen LogP contribution in [0.3, 0.4) is 0 Å². The Hall–Kier alpha value is -1.64. The van der Waals surface area contributed by atoms with Gasteiger partial charge in [-0.25, -0.2) is 0 Å². The third-order valence-corrected chi connectivity index (χ3v) is 3.68. The van der Waals surface area contributed by atoms with Crippen molar-refractivity contribution in [1.29, 1.82) is 0 Å².